The van der Waals surface area contributed by atoms with Gasteiger partial charge in [0.1, 0.15) is 5.82 Å². The zero-order valence-corrected chi connectivity index (χ0v) is 11.9. The Labute approximate surface area is 126 Å². The Morgan fingerprint density at radius 1 is 1.14 bits per heavy atom. The first-order chi connectivity index (χ1) is 10.7. The molecule has 4 aromatic rings. The first-order valence-corrected chi connectivity index (χ1v) is 6.79. The van der Waals surface area contributed by atoms with E-state index in [1.54, 1.807) is 35.4 Å². The molecule has 4 heterocycles. The van der Waals surface area contributed by atoms with Crippen LogP contribution in [0.4, 0.5) is 5.82 Å². The van der Waals surface area contributed by atoms with Crippen LogP contribution in [0.3, 0.4) is 0 Å². The van der Waals surface area contributed by atoms with Crippen LogP contribution in [0.15, 0.2) is 49.2 Å². The minimum absolute atomic E-state index is 0.444. The highest BCUT2D eigenvalue weighted by Crippen LogP contribution is 2.26. The number of pyridine rings is 1. The molecule has 2 N–H and O–H groups in total. The molecule has 0 aromatic carbocycles. The Morgan fingerprint density at radius 3 is 2.86 bits per heavy atom. The molecule has 7 nitrogen and oxygen atoms in total. The van der Waals surface area contributed by atoms with Crippen molar-refractivity contribution in [3.8, 4) is 16.8 Å². The van der Waals surface area contributed by atoms with Gasteiger partial charge in [0.25, 0.3) is 0 Å². The lowest BCUT2D eigenvalue weighted by atomic mass is 10.1. The highest BCUT2D eigenvalue weighted by molar-refractivity contribution is 5.71. The van der Waals surface area contributed by atoms with Crippen LogP contribution in [0.5, 0.6) is 0 Å². The molecule has 0 bridgehead atoms. The molecule has 0 amide bonds. The van der Waals surface area contributed by atoms with Crippen LogP contribution in [0.25, 0.3) is 22.5 Å². The number of rotatable bonds is 2. The van der Waals surface area contributed by atoms with Gasteiger partial charge in [0.05, 0.1) is 5.69 Å². The number of nitrogen functional groups attached to an aromatic ring is 1. The minimum atomic E-state index is 0.444. The highest BCUT2D eigenvalue weighted by atomic mass is 15.3. The van der Waals surface area contributed by atoms with Crippen LogP contribution < -0.4 is 5.73 Å². The lowest BCUT2D eigenvalue weighted by molar-refractivity contribution is 0.845. The van der Waals surface area contributed by atoms with Gasteiger partial charge in [-0.1, -0.05) is 0 Å². The Morgan fingerprint density at radius 2 is 2.05 bits per heavy atom. The predicted octanol–water partition coefficient (Wildman–Crippen LogP) is 1.87. The first-order valence-electron chi connectivity index (χ1n) is 6.79. The number of hydrogen-bond acceptors (Lipinski definition) is 5. The van der Waals surface area contributed by atoms with Gasteiger partial charge in [-0.3, -0.25) is 4.98 Å². The number of nitrogens with two attached hydrogens (primary N) is 1. The van der Waals surface area contributed by atoms with Crippen LogP contribution >= 0.6 is 0 Å². The van der Waals surface area contributed by atoms with Gasteiger partial charge in [-0.05, 0) is 19.1 Å². The van der Waals surface area contributed by atoms with Gasteiger partial charge in [-0.15, -0.1) is 5.10 Å². The van der Waals surface area contributed by atoms with Gasteiger partial charge in [0, 0.05) is 53.9 Å². The molecule has 0 aliphatic rings. The Bertz CT molecular complexity index is 967. The van der Waals surface area contributed by atoms with Crippen molar-refractivity contribution >= 4 is 11.5 Å². The van der Waals surface area contributed by atoms with Crippen molar-refractivity contribution in [3.05, 3.63) is 54.9 Å². The van der Waals surface area contributed by atoms with Crippen LogP contribution in [0.1, 0.15) is 5.69 Å². The summed E-state index contributed by atoms with van der Waals surface area (Å²) >= 11 is 0. The molecule has 0 aliphatic carbocycles. The molecule has 0 unspecified atom stereocenters. The second-order valence-electron chi connectivity index (χ2n) is 4.99. The van der Waals surface area contributed by atoms with Crippen molar-refractivity contribution in [1.82, 2.24) is 29.4 Å². The van der Waals surface area contributed by atoms with E-state index in [0.29, 0.717) is 11.5 Å². The quantitative estimate of drug-likeness (QED) is 0.609. The molecule has 0 spiro atoms. The molecule has 0 aliphatic heterocycles. The van der Waals surface area contributed by atoms with E-state index < -0.39 is 0 Å². The summed E-state index contributed by atoms with van der Waals surface area (Å²) < 4.78 is 3.54. The number of aryl methyl sites for hydroxylation is 1. The largest absolute Gasteiger partial charge is 0.382 e. The van der Waals surface area contributed by atoms with Crippen molar-refractivity contribution in [2.45, 2.75) is 6.92 Å². The van der Waals surface area contributed by atoms with E-state index in [2.05, 4.69) is 20.2 Å². The Balaban J connectivity index is 1.93. The van der Waals surface area contributed by atoms with E-state index in [9.17, 15) is 0 Å². The molecule has 7 heteroatoms. The second kappa shape index (κ2) is 4.66. The molecule has 0 radical (unpaired) electrons. The summed E-state index contributed by atoms with van der Waals surface area (Å²) in [5.74, 6) is 0.444. The van der Waals surface area contributed by atoms with Crippen molar-refractivity contribution in [1.29, 1.82) is 0 Å². The summed E-state index contributed by atoms with van der Waals surface area (Å²) in [6.45, 7) is 2.01. The van der Waals surface area contributed by atoms with E-state index in [0.717, 1.165) is 22.5 Å². The molecule has 0 atom stereocenters. The summed E-state index contributed by atoms with van der Waals surface area (Å²) in [6, 6.07) is 5.61. The van der Waals surface area contributed by atoms with E-state index in [4.69, 9.17) is 5.73 Å². The first kappa shape index (κ1) is 12.5. The zero-order chi connectivity index (χ0) is 15.1. The third-order valence-electron chi connectivity index (χ3n) is 3.50. The number of aromatic nitrogens is 6. The number of fused-ring (bicyclic) bond motifs is 1. The molecular weight excluding hydrogens is 278 g/mol. The van der Waals surface area contributed by atoms with Crippen molar-refractivity contribution in [2.75, 3.05) is 5.73 Å². The van der Waals surface area contributed by atoms with Crippen LogP contribution in [-0.4, -0.2) is 29.4 Å². The predicted molar refractivity (Wildman–Crippen MR) is 82.5 cm³/mol. The number of nitrogens with zero attached hydrogens (tertiary/aromatic N) is 6. The fourth-order valence-corrected chi connectivity index (χ4v) is 2.45. The summed E-state index contributed by atoms with van der Waals surface area (Å²) in [5, 5.41) is 8.56. The van der Waals surface area contributed by atoms with Gasteiger partial charge < -0.3 is 5.73 Å². The van der Waals surface area contributed by atoms with E-state index in [1.165, 1.54) is 0 Å². The van der Waals surface area contributed by atoms with Crippen LogP contribution in [0.2, 0.25) is 0 Å². The van der Waals surface area contributed by atoms with Gasteiger partial charge in [-0.2, -0.15) is 5.10 Å². The standard InChI is InChI=1S/C15H13N7/c1-10-2-5-19-22(10)13-3-4-17-8-12(13)11-7-18-15-6-14(16)20-21(15)9-11/h2-9H,1H3,(H2,16,20). The third kappa shape index (κ3) is 1.91. The fourth-order valence-electron chi connectivity index (χ4n) is 2.45. The molecule has 4 rings (SSSR count). The van der Waals surface area contributed by atoms with Gasteiger partial charge in [0.2, 0.25) is 0 Å². The average Bonchev–Trinajstić information content (AvgIpc) is 3.11. The fraction of sp³-hybridized carbons (Fsp3) is 0.0667. The lowest BCUT2D eigenvalue weighted by Crippen LogP contribution is -2.02. The summed E-state index contributed by atoms with van der Waals surface area (Å²) in [4.78, 5) is 8.61. The summed E-state index contributed by atoms with van der Waals surface area (Å²) in [5.41, 5.74) is 10.2. The maximum Gasteiger partial charge on any atom is 0.157 e. The maximum atomic E-state index is 5.71. The van der Waals surface area contributed by atoms with Crippen molar-refractivity contribution in [3.63, 3.8) is 0 Å². The Kier molecular flexibility index (Phi) is 2.65. The average molecular weight is 291 g/mol. The monoisotopic (exact) mass is 291 g/mol. The molecule has 0 saturated heterocycles. The molecule has 0 fully saturated rings. The van der Waals surface area contributed by atoms with Crippen LogP contribution in [-0.2, 0) is 0 Å². The van der Waals surface area contributed by atoms with E-state index in [1.807, 2.05) is 29.9 Å². The van der Waals surface area contributed by atoms with Crippen molar-refractivity contribution in [2.24, 2.45) is 0 Å². The zero-order valence-electron chi connectivity index (χ0n) is 11.9. The second-order valence-corrected chi connectivity index (χ2v) is 4.99. The molecule has 22 heavy (non-hydrogen) atoms. The van der Waals surface area contributed by atoms with Gasteiger partial charge in [-0.25, -0.2) is 14.2 Å². The van der Waals surface area contributed by atoms with E-state index >= 15 is 0 Å². The van der Waals surface area contributed by atoms with Crippen molar-refractivity contribution < 1.29 is 0 Å². The molecule has 108 valence electrons. The molecular formula is C15H13N7. The lowest BCUT2D eigenvalue weighted by Gasteiger charge is -2.10. The minimum Gasteiger partial charge on any atom is -0.382 e. The maximum absolute atomic E-state index is 5.71. The number of anilines is 1. The van der Waals surface area contributed by atoms with E-state index in [-0.39, 0.29) is 0 Å². The highest BCUT2D eigenvalue weighted by Gasteiger charge is 2.11. The smallest absolute Gasteiger partial charge is 0.157 e. The normalized spacial score (nSPS) is 11.1. The van der Waals surface area contributed by atoms with Gasteiger partial charge >= 0.3 is 0 Å². The SMILES string of the molecule is Cc1ccnn1-c1ccncc1-c1cnc2cc(N)nn2c1. The topological polar surface area (TPSA) is 86.9 Å². The third-order valence-corrected chi connectivity index (χ3v) is 3.50. The number of hydrogen-bond donors (Lipinski definition) is 1. The summed E-state index contributed by atoms with van der Waals surface area (Å²) in [6.07, 6.45) is 8.99. The Hall–Kier alpha value is -3.22. The van der Waals surface area contributed by atoms with Crippen LogP contribution in [0, 0.1) is 6.92 Å². The molecule has 4 aromatic heterocycles. The summed E-state index contributed by atoms with van der Waals surface area (Å²) in [7, 11) is 0. The molecule has 0 saturated carbocycles. The van der Waals surface area contributed by atoms with Gasteiger partial charge in [0.15, 0.2) is 5.65 Å².